The molecular formula is C21H29N3O4. The van der Waals surface area contributed by atoms with Crippen molar-refractivity contribution in [1.29, 1.82) is 0 Å². The van der Waals surface area contributed by atoms with E-state index in [9.17, 15) is 14.7 Å². The monoisotopic (exact) mass is 387 g/mol. The van der Waals surface area contributed by atoms with Crippen LogP contribution in [0.1, 0.15) is 29.6 Å². The first-order valence-electron chi connectivity index (χ1n) is 9.79. The molecule has 2 aliphatic heterocycles. The molecule has 0 unspecified atom stereocenters. The Kier molecular flexibility index (Phi) is 6.70. The van der Waals surface area contributed by atoms with Crippen LogP contribution in [0.5, 0.6) is 5.75 Å². The Morgan fingerprint density at radius 2 is 2.11 bits per heavy atom. The quantitative estimate of drug-likeness (QED) is 0.713. The van der Waals surface area contributed by atoms with E-state index in [-0.39, 0.29) is 23.9 Å². The van der Waals surface area contributed by atoms with Crippen LogP contribution >= 0.6 is 0 Å². The molecule has 0 bridgehead atoms. The van der Waals surface area contributed by atoms with Crippen molar-refractivity contribution in [2.45, 2.75) is 37.5 Å². The van der Waals surface area contributed by atoms with Crippen LogP contribution in [0.15, 0.2) is 36.9 Å². The van der Waals surface area contributed by atoms with Gasteiger partial charge in [-0.2, -0.15) is 0 Å². The Balaban J connectivity index is 1.60. The summed E-state index contributed by atoms with van der Waals surface area (Å²) in [4.78, 5) is 29.2. The lowest BCUT2D eigenvalue weighted by molar-refractivity contribution is -0.126. The lowest BCUT2D eigenvalue weighted by Crippen LogP contribution is -2.52. The summed E-state index contributed by atoms with van der Waals surface area (Å²) in [6, 6.07) is 7.06. The molecule has 2 saturated heterocycles. The summed E-state index contributed by atoms with van der Waals surface area (Å²) in [6.07, 6.45) is 3.18. The van der Waals surface area contributed by atoms with Crippen molar-refractivity contribution < 1.29 is 19.4 Å². The molecule has 0 radical (unpaired) electrons. The lowest BCUT2D eigenvalue weighted by atomic mass is 10.0. The van der Waals surface area contributed by atoms with Gasteiger partial charge in [-0.05, 0) is 37.5 Å². The average Bonchev–Trinajstić information content (AvgIpc) is 3.13. The van der Waals surface area contributed by atoms with Gasteiger partial charge in [0.15, 0.2) is 0 Å². The molecule has 152 valence electrons. The first-order valence-corrected chi connectivity index (χ1v) is 9.79. The van der Waals surface area contributed by atoms with E-state index >= 15 is 0 Å². The zero-order valence-corrected chi connectivity index (χ0v) is 16.3. The maximum atomic E-state index is 12.8. The van der Waals surface area contributed by atoms with Crippen LogP contribution in [0.2, 0.25) is 0 Å². The highest BCUT2D eigenvalue weighted by atomic mass is 16.5. The lowest BCUT2D eigenvalue weighted by Gasteiger charge is -2.38. The molecule has 7 nitrogen and oxygen atoms in total. The Bertz CT molecular complexity index is 715. The van der Waals surface area contributed by atoms with Crippen molar-refractivity contribution >= 4 is 11.8 Å². The zero-order chi connectivity index (χ0) is 20.1. The van der Waals surface area contributed by atoms with E-state index in [1.54, 1.807) is 25.3 Å². The normalized spacial score (nSPS) is 23.4. The van der Waals surface area contributed by atoms with Gasteiger partial charge in [-0.25, -0.2) is 0 Å². The summed E-state index contributed by atoms with van der Waals surface area (Å²) in [5, 5.41) is 12.9. The standard InChI is InChI=1S/C21H29N3O4/c1-3-9-22-20(26)19-13-17(25)14-24(19)16-7-10-23(11-8-16)21(27)15-5-4-6-18(12-15)28-2/h3-6,12,16-17,19,25H,1,7-11,13-14H2,2H3,(H,22,26)/t17-,19+/m1/s1. The minimum absolute atomic E-state index is 0.000849. The van der Waals surface area contributed by atoms with Gasteiger partial charge in [0.2, 0.25) is 5.91 Å². The minimum atomic E-state index is -0.490. The van der Waals surface area contributed by atoms with Gasteiger partial charge in [-0.3, -0.25) is 14.5 Å². The van der Waals surface area contributed by atoms with Gasteiger partial charge in [0.1, 0.15) is 5.75 Å². The number of aliphatic hydroxyl groups excluding tert-OH is 1. The summed E-state index contributed by atoms with van der Waals surface area (Å²) < 4.78 is 5.20. The maximum Gasteiger partial charge on any atom is 0.253 e. The van der Waals surface area contributed by atoms with Gasteiger partial charge < -0.3 is 20.1 Å². The van der Waals surface area contributed by atoms with Crippen LogP contribution in [-0.4, -0.2) is 78.2 Å². The number of β-amino-alcohol motifs (C(OH)–C–C–N with tert-alkyl or cyclic N) is 1. The first kappa shape index (κ1) is 20.4. The molecule has 2 N–H and O–H groups in total. The number of rotatable bonds is 6. The van der Waals surface area contributed by atoms with Crippen LogP contribution < -0.4 is 10.1 Å². The van der Waals surface area contributed by atoms with Crippen molar-refractivity contribution in [3.05, 3.63) is 42.5 Å². The molecule has 0 saturated carbocycles. The van der Waals surface area contributed by atoms with Crippen LogP contribution in [0.3, 0.4) is 0 Å². The number of hydrogen-bond acceptors (Lipinski definition) is 5. The van der Waals surface area contributed by atoms with E-state index in [0.29, 0.717) is 43.9 Å². The Labute approximate surface area is 166 Å². The fourth-order valence-corrected chi connectivity index (χ4v) is 4.13. The number of piperidine rings is 1. The van der Waals surface area contributed by atoms with E-state index in [4.69, 9.17) is 4.74 Å². The molecule has 2 amide bonds. The number of amides is 2. The first-order chi connectivity index (χ1) is 13.5. The van der Waals surface area contributed by atoms with Crippen molar-refractivity contribution in [3.8, 4) is 5.75 Å². The molecule has 2 fully saturated rings. The summed E-state index contributed by atoms with van der Waals surface area (Å²) in [7, 11) is 1.58. The highest BCUT2D eigenvalue weighted by molar-refractivity contribution is 5.94. The number of carbonyl (C=O) groups excluding carboxylic acids is 2. The van der Waals surface area contributed by atoms with Gasteiger partial charge in [-0.1, -0.05) is 12.1 Å². The summed E-state index contributed by atoms with van der Waals surface area (Å²) in [5.41, 5.74) is 0.621. The zero-order valence-electron chi connectivity index (χ0n) is 16.3. The molecule has 2 heterocycles. The van der Waals surface area contributed by atoms with Crippen LogP contribution in [-0.2, 0) is 4.79 Å². The third-order valence-electron chi connectivity index (χ3n) is 5.58. The van der Waals surface area contributed by atoms with E-state index in [2.05, 4.69) is 16.8 Å². The fraction of sp³-hybridized carbons (Fsp3) is 0.524. The maximum absolute atomic E-state index is 12.8. The van der Waals surface area contributed by atoms with E-state index in [1.807, 2.05) is 17.0 Å². The number of nitrogens with zero attached hydrogens (tertiary/aromatic N) is 2. The summed E-state index contributed by atoms with van der Waals surface area (Å²) >= 11 is 0. The Hall–Kier alpha value is -2.38. The Morgan fingerprint density at radius 1 is 1.36 bits per heavy atom. The number of benzene rings is 1. The molecule has 2 aliphatic rings. The third-order valence-corrected chi connectivity index (χ3v) is 5.58. The largest absolute Gasteiger partial charge is 0.497 e. The number of likely N-dealkylation sites (tertiary alicyclic amines) is 2. The molecule has 1 aromatic carbocycles. The van der Waals surface area contributed by atoms with Crippen molar-refractivity contribution in [1.82, 2.24) is 15.1 Å². The summed E-state index contributed by atoms with van der Waals surface area (Å²) in [6.45, 7) is 5.81. The molecule has 0 spiro atoms. The highest BCUT2D eigenvalue weighted by Gasteiger charge is 2.40. The molecule has 0 aliphatic carbocycles. The van der Waals surface area contributed by atoms with Crippen LogP contribution in [0.25, 0.3) is 0 Å². The Morgan fingerprint density at radius 3 is 2.79 bits per heavy atom. The second kappa shape index (κ2) is 9.21. The predicted octanol–water partition coefficient (Wildman–Crippen LogP) is 1.04. The van der Waals surface area contributed by atoms with Gasteiger partial charge in [-0.15, -0.1) is 6.58 Å². The fourth-order valence-electron chi connectivity index (χ4n) is 4.13. The third kappa shape index (κ3) is 4.54. The molecule has 7 heteroatoms. The minimum Gasteiger partial charge on any atom is -0.497 e. The van der Waals surface area contributed by atoms with Crippen molar-refractivity contribution in [2.75, 3.05) is 33.3 Å². The second-order valence-corrected chi connectivity index (χ2v) is 7.39. The topological polar surface area (TPSA) is 82.1 Å². The number of carbonyl (C=O) groups is 2. The molecule has 2 atom stereocenters. The van der Waals surface area contributed by atoms with E-state index in [0.717, 1.165) is 12.8 Å². The number of ether oxygens (including phenoxy) is 1. The predicted molar refractivity (Wildman–Crippen MR) is 106 cm³/mol. The van der Waals surface area contributed by atoms with Crippen molar-refractivity contribution in [2.24, 2.45) is 0 Å². The van der Waals surface area contributed by atoms with E-state index in [1.165, 1.54) is 0 Å². The molecule has 0 aromatic heterocycles. The summed E-state index contributed by atoms with van der Waals surface area (Å²) in [5.74, 6) is 0.602. The molecule has 1 aromatic rings. The smallest absolute Gasteiger partial charge is 0.253 e. The number of aliphatic hydroxyl groups is 1. The molecule has 28 heavy (non-hydrogen) atoms. The van der Waals surface area contributed by atoms with Crippen LogP contribution in [0.4, 0.5) is 0 Å². The van der Waals surface area contributed by atoms with Gasteiger partial charge >= 0.3 is 0 Å². The van der Waals surface area contributed by atoms with Gasteiger partial charge in [0.05, 0.1) is 19.3 Å². The van der Waals surface area contributed by atoms with Gasteiger partial charge in [0.25, 0.3) is 5.91 Å². The number of methoxy groups -OCH3 is 1. The second-order valence-electron chi connectivity index (χ2n) is 7.39. The number of nitrogens with one attached hydrogen (secondary N) is 1. The van der Waals surface area contributed by atoms with E-state index < -0.39 is 6.10 Å². The molecular weight excluding hydrogens is 358 g/mol. The highest BCUT2D eigenvalue weighted by Crippen LogP contribution is 2.27. The number of hydrogen-bond donors (Lipinski definition) is 2. The van der Waals surface area contributed by atoms with Crippen molar-refractivity contribution in [3.63, 3.8) is 0 Å². The SMILES string of the molecule is C=CCNC(=O)[C@@H]1C[C@@H](O)CN1C1CCN(C(=O)c2cccc(OC)c2)CC1. The van der Waals surface area contributed by atoms with Crippen LogP contribution in [0, 0.1) is 0 Å². The van der Waals surface area contributed by atoms with Gasteiger partial charge in [0, 0.05) is 37.8 Å². The average molecular weight is 387 g/mol. The molecule has 3 rings (SSSR count).